The zero-order valence-electron chi connectivity index (χ0n) is 18.3. The highest BCUT2D eigenvalue weighted by Crippen LogP contribution is 2.64. The van der Waals surface area contributed by atoms with Crippen molar-refractivity contribution in [2.24, 2.45) is 0 Å². The first-order valence-electron chi connectivity index (χ1n) is 12.6. The van der Waals surface area contributed by atoms with E-state index in [0.717, 1.165) is 117 Å². The van der Waals surface area contributed by atoms with Crippen molar-refractivity contribution in [3.05, 3.63) is 0 Å². The van der Waals surface area contributed by atoms with Crippen LogP contribution in [0.4, 0.5) is 0 Å². The molecule has 0 radical (unpaired) electrons. The summed E-state index contributed by atoms with van der Waals surface area (Å²) < 4.78 is 40.2. The van der Waals surface area contributed by atoms with Crippen molar-refractivity contribution in [3.63, 3.8) is 0 Å². The van der Waals surface area contributed by atoms with Crippen molar-refractivity contribution in [2.75, 3.05) is 39.6 Å². The van der Waals surface area contributed by atoms with Crippen molar-refractivity contribution in [2.45, 2.75) is 112 Å². The molecule has 6 atom stereocenters. The number of ether oxygens (including phenoxy) is 6. The molecule has 0 amide bonds. The molecular formula is C24H38O6. The average Bonchev–Trinajstić information content (AvgIpc) is 3.64. The summed E-state index contributed by atoms with van der Waals surface area (Å²) in [6.07, 6.45) is 12.6. The smallest absolute Gasteiger partial charge is 0.131 e. The Hall–Kier alpha value is -0.240. The molecule has 0 spiro atoms. The van der Waals surface area contributed by atoms with Crippen LogP contribution in [-0.4, -0.2) is 74.3 Å². The van der Waals surface area contributed by atoms with Crippen LogP contribution < -0.4 is 0 Å². The van der Waals surface area contributed by atoms with Crippen molar-refractivity contribution >= 4 is 0 Å². The molecule has 0 aromatic rings. The number of hydrogen-bond acceptors (Lipinski definition) is 6. The maximum atomic E-state index is 6.96. The molecule has 0 bridgehead atoms. The Bertz CT molecular complexity index is 545. The van der Waals surface area contributed by atoms with Crippen LogP contribution in [0.5, 0.6) is 0 Å². The molecule has 0 unspecified atom stereocenters. The first kappa shape index (κ1) is 20.4. The largest absolute Gasteiger partial charge is 0.375 e. The van der Waals surface area contributed by atoms with Crippen molar-refractivity contribution in [1.29, 1.82) is 0 Å². The van der Waals surface area contributed by atoms with E-state index in [1.165, 1.54) is 0 Å². The Labute approximate surface area is 180 Å². The maximum absolute atomic E-state index is 6.96. The number of hydrogen-bond donors (Lipinski definition) is 0. The molecule has 0 aliphatic carbocycles. The van der Waals surface area contributed by atoms with Gasteiger partial charge in [0.1, 0.15) is 22.4 Å². The van der Waals surface area contributed by atoms with E-state index in [-0.39, 0.29) is 12.2 Å². The second-order valence-corrected chi connectivity index (χ2v) is 10.2. The Morgan fingerprint density at radius 1 is 0.433 bits per heavy atom. The minimum Gasteiger partial charge on any atom is -0.375 e. The highest BCUT2D eigenvalue weighted by molar-refractivity contribution is 5.28. The van der Waals surface area contributed by atoms with Crippen LogP contribution in [-0.2, 0) is 28.4 Å². The topological polar surface area (TPSA) is 55.4 Å². The Kier molecular flexibility index (Phi) is 5.21. The summed E-state index contributed by atoms with van der Waals surface area (Å²) in [5.41, 5.74) is -1.94. The first-order valence-corrected chi connectivity index (χ1v) is 12.6. The van der Waals surface area contributed by atoms with E-state index in [1.54, 1.807) is 0 Å². The van der Waals surface area contributed by atoms with E-state index in [2.05, 4.69) is 0 Å². The lowest BCUT2D eigenvalue weighted by atomic mass is 9.56. The minimum atomic E-state index is -0.529. The van der Waals surface area contributed by atoms with Gasteiger partial charge in [0, 0.05) is 39.6 Å². The first-order chi connectivity index (χ1) is 14.8. The van der Waals surface area contributed by atoms with Crippen molar-refractivity contribution < 1.29 is 28.4 Å². The summed E-state index contributed by atoms with van der Waals surface area (Å²) in [6, 6.07) is 0. The van der Waals surface area contributed by atoms with E-state index >= 15 is 0 Å². The normalized spacial score (nSPS) is 52.0. The fourth-order valence-electron chi connectivity index (χ4n) is 8.15. The molecule has 0 aromatic heterocycles. The minimum absolute atomic E-state index is 0.0853. The molecule has 0 N–H and O–H groups in total. The second-order valence-electron chi connectivity index (χ2n) is 10.2. The molecule has 170 valence electrons. The molecule has 6 nitrogen and oxygen atoms in total. The number of rotatable bonds is 5. The standard InChI is InChI=1S/C24H38O6/c1-7-19(25-13-1)21(9-3-15-27-21)23(11-5-17-29-23)24(12-6-18-30-24)22(10-4-16-28-22)20-8-2-14-26-20/h19-20H,1-18H2/t19-,20-,21-,22-,23+,24+/m0/s1. The van der Waals surface area contributed by atoms with Gasteiger partial charge in [-0.25, -0.2) is 0 Å². The third-order valence-electron chi connectivity index (χ3n) is 9.07. The van der Waals surface area contributed by atoms with Gasteiger partial charge in [0.15, 0.2) is 0 Å². The molecule has 6 fully saturated rings. The van der Waals surface area contributed by atoms with Crippen LogP contribution in [0.25, 0.3) is 0 Å². The zero-order chi connectivity index (χ0) is 20.1. The summed E-state index contributed by atoms with van der Waals surface area (Å²) in [6.45, 7) is 4.76. The van der Waals surface area contributed by atoms with Gasteiger partial charge in [0.2, 0.25) is 0 Å². The molecule has 30 heavy (non-hydrogen) atoms. The van der Waals surface area contributed by atoms with Crippen molar-refractivity contribution in [3.8, 4) is 0 Å². The molecule has 6 aliphatic rings. The van der Waals surface area contributed by atoms with Gasteiger partial charge in [-0.3, -0.25) is 0 Å². The Balaban J connectivity index is 1.52. The fraction of sp³-hybridized carbons (Fsp3) is 1.00. The van der Waals surface area contributed by atoms with Gasteiger partial charge in [0.25, 0.3) is 0 Å². The molecule has 6 saturated heterocycles. The summed E-state index contributed by atoms with van der Waals surface area (Å²) in [7, 11) is 0. The third kappa shape index (κ3) is 2.52. The van der Waals surface area contributed by atoms with Gasteiger partial charge in [0.05, 0.1) is 12.2 Å². The van der Waals surface area contributed by atoms with Gasteiger partial charge < -0.3 is 28.4 Å². The van der Waals surface area contributed by atoms with Gasteiger partial charge in [-0.1, -0.05) is 0 Å². The fourth-order valence-corrected chi connectivity index (χ4v) is 8.15. The van der Waals surface area contributed by atoms with E-state index < -0.39 is 22.4 Å². The third-order valence-corrected chi connectivity index (χ3v) is 9.07. The van der Waals surface area contributed by atoms with Gasteiger partial charge in [-0.2, -0.15) is 0 Å². The molecular weight excluding hydrogens is 384 g/mol. The quantitative estimate of drug-likeness (QED) is 0.676. The predicted octanol–water partition coefficient (Wildman–Crippen LogP) is 3.54. The van der Waals surface area contributed by atoms with Crippen LogP contribution >= 0.6 is 0 Å². The lowest BCUT2D eigenvalue weighted by molar-refractivity contribution is -0.335. The maximum Gasteiger partial charge on any atom is 0.131 e. The van der Waals surface area contributed by atoms with E-state index in [0.29, 0.717) is 0 Å². The molecule has 6 heteroatoms. The van der Waals surface area contributed by atoms with Crippen LogP contribution in [0.2, 0.25) is 0 Å². The summed E-state index contributed by atoms with van der Waals surface area (Å²) in [4.78, 5) is 0. The van der Waals surface area contributed by atoms with E-state index in [4.69, 9.17) is 28.4 Å². The van der Waals surface area contributed by atoms with Gasteiger partial charge >= 0.3 is 0 Å². The van der Waals surface area contributed by atoms with Crippen LogP contribution in [0, 0.1) is 0 Å². The average molecular weight is 423 g/mol. The Morgan fingerprint density at radius 2 is 0.867 bits per heavy atom. The Morgan fingerprint density at radius 3 is 1.17 bits per heavy atom. The van der Waals surface area contributed by atoms with Crippen LogP contribution in [0.1, 0.15) is 77.0 Å². The second kappa shape index (κ2) is 7.67. The lowest BCUT2D eigenvalue weighted by Crippen LogP contribution is -2.79. The molecule has 0 saturated carbocycles. The molecule has 0 aromatic carbocycles. The summed E-state index contributed by atoms with van der Waals surface area (Å²) in [5.74, 6) is 0. The molecule has 6 aliphatic heterocycles. The van der Waals surface area contributed by atoms with E-state index in [1.807, 2.05) is 0 Å². The molecule has 6 heterocycles. The van der Waals surface area contributed by atoms with Gasteiger partial charge in [-0.15, -0.1) is 0 Å². The molecule has 6 rings (SSSR count). The summed E-state index contributed by atoms with van der Waals surface area (Å²) >= 11 is 0. The zero-order valence-corrected chi connectivity index (χ0v) is 18.3. The monoisotopic (exact) mass is 422 g/mol. The SMILES string of the molecule is C1CO[C@H]([C@]2([C@@]3([C@]4([C@@]5([C@@H]6CCCO6)CCCO5)CCCO4)CCCO3)CCCO2)C1. The predicted molar refractivity (Wildman–Crippen MR) is 110 cm³/mol. The van der Waals surface area contributed by atoms with Crippen LogP contribution in [0.15, 0.2) is 0 Å². The van der Waals surface area contributed by atoms with Gasteiger partial charge in [-0.05, 0) is 77.0 Å². The van der Waals surface area contributed by atoms with Crippen molar-refractivity contribution in [1.82, 2.24) is 0 Å². The highest BCUT2D eigenvalue weighted by atomic mass is 16.6. The lowest BCUT2D eigenvalue weighted by Gasteiger charge is -2.61. The highest BCUT2D eigenvalue weighted by Gasteiger charge is 2.78. The summed E-state index contributed by atoms with van der Waals surface area (Å²) in [5, 5.41) is 0. The van der Waals surface area contributed by atoms with E-state index in [9.17, 15) is 0 Å². The van der Waals surface area contributed by atoms with Crippen LogP contribution in [0.3, 0.4) is 0 Å².